The Bertz CT molecular complexity index is 1010. The molecule has 1 aliphatic heterocycles. The number of halogens is 2. The molecule has 3 rings (SSSR count). The van der Waals surface area contributed by atoms with Crippen molar-refractivity contribution in [3.63, 3.8) is 0 Å². The molecule has 0 unspecified atom stereocenters. The molecule has 9 heteroatoms. The summed E-state index contributed by atoms with van der Waals surface area (Å²) in [4.78, 5) is 24.1. The van der Waals surface area contributed by atoms with E-state index in [1.54, 1.807) is 36.4 Å². The first kappa shape index (κ1) is 19.7. The number of sulfone groups is 1. The van der Waals surface area contributed by atoms with Gasteiger partial charge in [-0.05, 0) is 41.8 Å². The Morgan fingerprint density at radius 2 is 1.70 bits per heavy atom. The van der Waals surface area contributed by atoms with Crippen LogP contribution in [0.2, 0.25) is 10.0 Å². The predicted molar refractivity (Wildman–Crippen MR) is 106 cm³/mol. The zero-order valence-electron chi connectivity index (χ0n) is 14.0. The number of nitrogens with one attached hydrogen (secondary N) is 2. The van der Waals surface area contributed by atoms with Crippen LogP contribution in [0, 0.1) is 0 Å². The molecule has 2 aromatic rings. The maximum atomic E-state index is 12.1. The van der Waals surface area contributed by atoms with Crippen molar-refractivity contribution >= 4 is 50.5 Å². The molecule has 0 saturated carbocycles. The number of rotatable bonds is 3. The highest BCUT2D eigenvalue weighted by Crippen LogP contribution is 2.29. The Morgan fingerprint density at radius 3 is 2.37 bits per heavy atom. The summed E-state index contributed by atoms with van der Waals surface area (Å²) >= 11 is 12.0. The third-order valence-corrected chi connectivity index (χ3v) is 6.65. The molecule has 6 nitrogen and oxygen atoms in total. The molecule has 1 aliphatic rings. The largest absolute Gasteiger partial charge is 0.344 e. The number of anilines is 1. The molecular formula is C18H16Cl2N2O4S. The van der Waals surface area contributed by atoms with Crippen LogP contribution >= 0.6 is 23.2 Å². The lowest BCUT2D eigenvalue weighted by atomic mass is 10.1. The molecule has 27 heavy (non-hydrogen) atoms. The van der Waals surface area contributed by atoms with Crippen molar-refractivity contribution in [1.29, 1.82) is 0 Å². The second-order valence-corrected chi connectivity index (χ2v) is 9.28. The smallest absolute Gasteiger partial charge is 0.313 e. The van der Waals surface area contributed by atoms with Gasteiger partial charge in [-0.25, -0.2) is 8.42 Å². The van der Waals surface area contributed by atoms with E-state index in [9.17, 15) is 18.0 Å². The quantitative estimate of drug-likeness (QED) is 0.737. The van der Waals surface area contributed by atoms with Crippen LogP contribution in [-0.4, -0.2) is 37.8 Å². The number of carbonyl (C=O) groups excluding carboxylic acids is 2. The van der Waals surface area contributed by atoms with Gasteiger partial charge in [-0.1, -0.05) is 41.4 Å². The van der Waals surface area contributed by atoms with E-state index in [4.69, 9.17) is 23.2 Å². The maximum absolute atomic E-state index is 12.1. The Morgan fingerprint density at radius 1 is 0.963 bits per heavy atom. The van der Waals surface area contributed by atoms with Gasteiger partial charge in [0.2, 0.25) is 0 Å². The molecule has 1 saturated heterocycles. The van der Waals surface area contributed by atoms with Crippen LogP contribution in [-0.2, 0) is 19.4 Å². The topological polar surface area (TPSA) is 92.3 Å². The van der Waals surface area contributed by atoms with Gasteiger partial charge < -0.3 is 10.6 Å². The summed E-state index contributed by atoms with van der Waals surface area (Å²) in [5.41, 5.74) is 2.02. The Kier molecular flexibility index (Phi) is 5.74. The zero-order chi connectivity index (χ0) is 19.6. The highest BCUT2D eigenvalue weighted by molar-refractivity contribution is 7.91. The first-order valence-corrected chi connectivity index (χ1v) is 10.7. The van der Waals surface area contributed by atoms with Gasteiger partial charge in [0.05, 0.1) is 21.6 Å². The molecule has 0 aromatic heterocycles. The van der Waals surface area contributed by atoms with E-state index in [1.807, 2.05) is 6.07 Å². The molecular weight excluding hydrogens is 411 g/mol. The van der Waals surface area contributed by atoms with E-state index in [0.29, 0.717) is 22.2 Å². The average molecular weight is 427 g/mol. The minimum Gasteiger partial charge on any atom is -0.344 e. The second-order valence-electron chi connectivity index (χ2n) is 6.24. The Balaban J connectivity index is 1.67. The first-order chi connectivity index (χ1) is 12.7. The van der Waals surface area contributed by atoms with E-state index in [2.05, 4.69) is 10.6 Å². The first-order valence-electron chi connectivity index (χ1n) is 8.11. The Hall–Kier alpha value is -2.09. The molecule has 0 bridgehead atoms. The molecule has 142 valence electrons. The van der Waals surface area contributed by atoms with Crippen LogP contribution < -0.4 is 10.6 Å². The van der Waals surface area contributed by atoms with E-state index in [-0.39, 0.29) is 11.5 Å². The van der Waals surface area contributed by atoms with E-state index in [0.717, 1.165) is 11.1 Å². The van der Waals surface area contributed by atoms with Crippen molar-refractivity contribution < 1.29 is 18.0 Å². The van der Waals surface area contributed by atoms with E-state index in [1.165, 1.54) is 0 Å². The summed E-state index contributed by atoms with van der Waals surface area (Å²) < 4.78 is 22.9. The fourth-order valence-corrected chi connectivity index (χ4v) is 4.77. The SMILES string of the molecule is O=C(Nc1cccc(-c2ccc(Cl)c(Cl)c2)c1)C(=O)N[C@@H]1CCS(=O)(=O)C1. The summed E-state index contributed by atoms with van der Waals surface area (Å²) in [5, 5.41) is 5.82. The number of hydrogen-bond donors (Lipinski definition) is 2. The summed E-state index contributed by atoms with van der Waals surface area (Å²) in [5.74, 6) is -1.84. The number of hydrogen-bond acceptors (Lipinski definition) is 4. The average Bonchev–Trinajstić information content (AvgIpc) is 2.96. The molecule has 2 N–H and O–H groups in total. The monoisotopic (exact) mass is 426 g/mol. The second kappa shape index (κ2) is 7.88. The van der Waals surface area contributed by atoms with Crippen molar-refractivity contribution in [3.05, 3.63) is 52.5 Å². The minimum absolute atomic E-state index is 0.0191. The third kappa shape index (κ3) is 5.00. The molecule has 1 fully saturated rings. The van der Waals surface area contributed by atoms with Crippen LogP contribution in [0.4, 0.5) is 5.69 Å². The van der Waals surface area contributed by atoms with E-state index >= 15 is 0 Å². The van der Waals surface area contributed by atoms with Crippen LogP contribution in [0.5, 0.6) is 0 Å². The molecule has 2 amide bonds. The third-order valence-electron chi connectivity index (χ3n) is 4.15. The highest BCUT2D eigenvalue weighted by atomic mass is 35.5. The number of carbonyl (C=O) groups is 2. The lowest BCUT2D eigenvalue weighted by Gasteiger charge is -2.11. The van der Waals surface area contributed by atoms with Gasteiger partial charge in [0.25, 0.3) is 0 Å². The van der Waals surface area contributed by atoms with Crippen LogP contribution in [0.1, 0.15) is 6.42 Å². The van der Waals surface area contributed by atoms with Gasteiger partial charge in [0, 0.05) is 11.7 Å². The number of amides is 2. The van der Waals surface area contributed by atoms with Crippen molar-refractivity contribution in [2.45, 2.75) is 12.5 Å². The van der Waals surface area contributed by atoms with Gasteiger partial charge in [-0.15, -0.1) is 0 Å². The molecule has 1 heterocycles. The Labute approximate surface area is 166 Å². The molecule has 0 spiro atoms. The molecule has 1 atom stereocenters. The van der Waals surface area contributed by atoms with Crippen molar-refractivity contribution in [2.75, 3.05) is 16.8 Å². The lowest BCUT2D eigenvalue weighted by Crippen LogP contribution is -2.42. The van der Waals surface area contributed by atoms with E-state index < -0.39 is 27.7 Å². The maximum Gasteiger partial charge on any atom is 0.313 e. The van der Waals surface area contributed by atoms with Crippen molar-refractivity contribution in [3.8, 4) is 11.1 Å². The predicted octanol–water partition coefficient (Wildman–Crippen LogP) is 2.90. The van der Waals surface area contributed by atoms with Gasteiger partial charge in [0.1, 0.15) is 0 Å². The molecule has 0 radical (unpaired) electrons. The van der Waals surface area contributed by atoms with Gasteiger partial charge in [-0.2, -0.15) is 0 Å². The minimum atomic E-state index is -3.14. The standard InChI is InChI=1S/C18H16Cl2N2O4S/c19-15-5-4-12(9-16(15)20)11-2-1-3-13(8-11)21-17(23)18(24)22-14-6-7-27(25,26)10-14/h1-5,8-9,14H,6-7,10H2,(H,21,23)(H,22,24)/t14-/m1/s1. The lowest BCUT2D eigenvalue weighted by molar-refractivity contribution is -0.136. The van der Waals surface area contributed by atoms with Crippen molar-refractivity contribution in [2.24, 2.45) is 0 Å². The fraction of sp³-hybridized carbons (Fsp3) is 0.222. The molecule has 0 aliphatic carbocycles. The van der Waals surface area contributed by atoms with Crippen molar-refractivity contribution in [1.82, 2.24) is 5.32 Å². The highest BCUT2D eigenvalue weighted by Gasteiger charge is 2.30. The zero-order valence-corrected chi connectivity index (χ0v) is 16.4. The van der Waals surface area contributed by atoms with Gasteiger partial charge in [-0.3, -0.25) is 9.59 Å². The fourth-order valence-electron chi connectivity index (χ4n) is 2.80. The summed E-state index contributed by atoms with van der Waals surface area (Å²) in [7, 11) is -3.14. The summed E-state index contributed by atoms with van der Waals surface area (Å²) in [6.45, 7) is 0. The molecule has 2 aromatic carbocycles. The van der Waals surface area contributed by atoms with Crippen LogP contribution in [0.25, 0.3) is 11.1 Å². The van der Waals surface area contributed by atoms with Crippen LogP contribution in [0.15, 0.2) is 42.5 Å². The summed E-state index contributed by atoms with van der Waals surface area (Å²) in [6.07, 6.45) is 0.314. The van der Waals surface area contributed by atoms with Crippen LogP contribution in [0.3, 0.4) is 0 Å². The van der Waals surface area contributed by atoms with Gasteiger partial charge in [0.15, 0.2) is 9.84 Å². The normalized spacial score (nSPS) is 18.1. The summed E-state index contributed by atoms with van der Waals surface area (Å²) in [6, 6.07) is 11.6. The van der Waals surface area contributed by atoms with Gasteiger partial charge >= 0.3 is 11.8 Å². The number of benzene rings is 2.